The summed E-state index contributed by atoms with van der Waals surface area (Å²) in [5.41, 5.74) is 8.83. The highest BCUT2D eigenvalue weighted by molar-refractivity contribution is 6.06. The van der Waals surface area contributed by atoms with Crippen LogP contribution in [0.4, 0.5) is 11.4 Å². The Morgan fingerprint density at radius 2 is 2.16 bits per heavy atom. The Bertz CT molecular complexity index is 600. The van der Waals surface area contributed by atoms with Crippen molar-refractivity contribution in [2.24, 2.45) is 0 Å². The molecule has 2 aromatic rings. The number of ether oxygens (including phenoxy) is 1. The lowest BCUT2D eigenvalue weighted by Crippen LogP contribution is -2.13. The molecule has 0 radical (unpaired) electrons. The molecule has 0 atom stereocenters. The molecular weight excluding hydrogens is 244 g/mol. The van der Waals surface area contributed by atoms with E-state index < -0.39 is 0 Å². The number of aryl methyl sites for hydroxylation is 2. The quantitative estimate of drug-likeness (QED) is 0.734. The lowest BCUT2D eigenvalue weighted by Gasteiger charge is -2.09. The normalized spacial score (nSPS) is 10.3. The number of methoxy groups -OCH3 is 1. The molecule has 0 bridgehead atoms. The molecule has 100 valence electrons. The third kappa shape index (κ3) is 2.52. The van der Waals surface area contributed by atoms with Gasteiger partial charge < -0.3 is 15.8 Å². The standard InChI is InChI=1S/C13H16N4O2/c1-7-12(8(2)17-16-7)13(18)15-9-4-5-11(19-3)10(14)6-9/h4-6H,14H2,1-3H3,(H,15,18)(H,16,17). The van der Waals surface area contributed by atoms with Crippen LogP contribution in [0.15, 0.2) is 18.2 Å². The highest BCUT2D eigenvalue weighted by Gasteiger charge is 2.15. The molecule has 0 spiro atoms. The predicted octanol–water partition coefficient (Wildman–Crippen LogP) is 1.87. The summed E-state index contributed by atoms with van der Waals surface area (Å²) in [5.74, 6) is 0.363. The minimum Gasteiger partial charge on any atom is -0.495 e. The number of nitrogen functional groups attached to an aromatic ring is 1. The predicted molar refractivity (Wildman–Crippen MR) is 73.4 cm³/mol. The molecule has 0 aliphatic rings. The molecule has 6 heteroatoms. The highest BCUT2D eigenvalue weighted by Crippen LogP contribution is 2.25. The van der Waals surface area contributed by atoms with E-state index in [2.05, 4.69) is 15.5 Å². The van der Waals surface area contributed by atoms with Gasteiger partial charge in [0.1, 0.15) is 5.75 Å². The van der Waals surface area contributed by atoms with Crippen molar-refractivity contribution >= 4 is 17.3 Å². The molecule has 0 saturated heterocycles. The van der Waals surface area contributed by atoms with E-state index in [1.54, 1.807) is 39.2 Å². The van der Waals surface area contributed by atoms with Gasteiger partial charge in [-0.25, -0.2) is 0 Å². The first-order chi connectivity index (χ1) is 9.02. The van der Waals surface area contributed by atoms with Crippen LogP contribution in [0.2, 0.25) is 0 Å². The van der Waals surface area contributed by atoms with Gasteiger partial charge in [-0.3, -0.25) is 9.89 Å². The van der Waals surface area contributed by atoms with Crippen molar-refractivity contribution in [2.45, 2.75) is 13.8 Å². The smallest absolute Gasteiger partial charge is 0.259 e. The van der Waals surface area contributed by atoms with Crippen LogP contribution in [0.25, 0.3) is 0 Å². The fraction of sp³-hybridized carbons (Fsp3) is 0.231. The molecule has 1 amide bonds. The van der Waals surface area contributed by atoms with Crippen molar-refractivity contribution in [1.29, 1.82) is 0 Å². The molecule has 0 unspecified atom stereocenters. The zero-order chi connectivity index (χ0) is 14.0. The third-order valence-corrected chi connectivity index (χ3v) is 2.84. The van der Waals surface area contributed by atoms with Gasteiger partial charge in [0.15, 0.2) is 0 Å². The number of aromatic amines is 1. The fourth-order valence-electron chi connectivity index (χ4n) is 1.89. The molecule has 6 nitrogen and oxygen atoms in total. The number of rotatable bonds is 3. The second-order valence-corrected chi connectivity index (χ2v) is 4.22. The number of hydrogen-bond donors (Lipinski definition) is 3. The van der Waals surface area contributed by atoms with Crippen LogP contribution in [0, 0.1) is 13.8 Å². The molecule has 1 heterocycles. The van der Waals surface area contributed by atoms with Gasteiger partial charge in [-0.15, -0.1) is 0 Å². The maximum Gasteiger partial charge on any atom is 0.259 e. The van der Waals surface area contributed by atoms with E-state index in [-0.39, 0.29) is 5.91 Å². The van der Waals surface area contributed by atoms with Crippen LogP contribution < -0.4 is 15.8 Å². The van der Waals surface area contributed by atoms with Gasteiger partial charge >= 0.3 is 0 Å². The first-order valence-electron chi connectivity index (χ1n) is 5.79. The van der Waals surface area contributed by atoms with Crippen molar-refractivity contribution in [3.8, 4) is 5.75 Å². The number of carbonyl (C=O) groups is 1. The fourth-order valence-corrected chi connectivity index (χ4v) is 1.89. The summed E-state index contributed by atoms with van der Waals surface area (Å²) < 4.78 is 5.06. The van der Waals surface area contributed by atoms with Crippen molar-refractivity contribution in [1.82, 2.24) is 10.2 Å². The summed E-state index contributed by atoms with van der Waals surface area (Å²) in [6.07, 6.45) is 0. The SMILES string of the molecule is COc1ccc(NC(=O)c2c(C)n[nH]c2C)cc1N. The Labute approximate surface area is 111 Å². The number of benzene rings is 1. The zero-order valence-corrected chi connectivity index (χ0v) is 11.1. The van der Waals surface area contributed by atoms with E-state index in [1.807, 2.05) is 0 Å². The number of carbonyl (C=O) groups excluding carboxylic acids is 1. The van der Waals surface area contributed by atoms with Crippen LogP contribution >= 0.6 is 0 Å². The molecule has 0 aliphatic carbocycles. The lowest BCUT2D eigenvalue weighted by molar-refractivity contribution is 0.102. The van der Waals surface area contributed by atoms with Crippen LogP contribution in [0.3, 0.4) is 0 Å². The highest BCUT2D eigenvalue weighted by atomic mass is 16.5. The van der Waals surface area contributed by atoms with Gasteiger partial charge in [0.05, 0.1) is 24.1 Å². The molecule has 0 fully saturated rings. The molecular formula is C13H16N4O2. The summed E-state index contributed by atoms with van der Waals surface area (Å²) in [6, 6.07) is 5.10. The maximum absolute atomic E-state index is 12.1. The van der Waals surface area contributed by atoms with Crippen molar-refractivity contribution < 1.29 is 9.53 Å². The van der Waals surface area contributed by atoms with Crippen LogP contribution in [0.1, 0.15) is 21.7 Å². The lowest BCUT2D eigenvalue weighted by atomic mass is 10.2. The molecule has 19 heavy (non-hydrogen) atoms. The number of H-pyrrole nitrogens is 1. The monoisotopic (exact) mass is 260 g/mol. The number of nitrogens with two attached hydrogens (primary N) is 1. The minimum absolute atomic E-state index is 0.215. The first kappa shape index (κ1) is 12.9. The van der Waals surface area contributed by atoms with Gasteiger partial charge in [0.2, 0.25) is 0 Å². The number of nitrogens with one attached hydrogen (secondary N) is 2. The van der Waals surface area contributed by atoms with Crippen molar-refractivity contribution in [3.05, 3.63) is 35.2 Å². The largest absolute Gasteiger partial charge is 0.495 e. The Kier molecular flexibility index (Phi) is 3.41. The summed E-state index contributed by atoms with van der Waals surface area (Å²) in [5, 5.41) is 9.55. The van der Waals surface area contributed by atoms with Gasteiger partial charge in [0, 0.05) is 11.4 Å². The molecule has 1 aromatic carbocycles. The topological polar surface area (TPSA) is 93.0 Å². The van der Waals surface area contributed by atoms with Crippen LogP contribution in [-0.2, 0) is 0 Å². The summed E-state index contributed by atoms with van der Waals surface area (Å²) >= 11 is 0. The Morgan fingerprint density at radius 3 is 2.68 bits per heavy atom. The molecule has 2 rings (SSSR count). The van der Waals surface area contributed by atoms with Gasteiger partial charge in [-0.1, -0.05) is 0 Å². The molecule has 1 aromatic heterocycles. The van der Waals surface area contributed by atoms with Crippen LogP contribution in [0.5, 0.6) is 5.75 Å². The number of nitrogens with zero attached hydrogens (tertiary/aromatic N) is 1. The summed E-state index contributed by atoms with van der Waals surface area (Å²) in [7, 11) is 1.54. The van der Waals surface area contributed by atoms with Crippen LogP contribution in [-0.4, -0.2) is 23.2 Å². The second kappa shape index (κ2) is 5.01. The Balaban J connectivity index is 2.22. The summed E-state index contributed by atoms with van der Waals surface area (Å²) in [6.45, 7) is 3.58. The van der Waals surface area contributed by atoms with E-state index in [9.17, 15) is 4.79 Å². The Morgan fingerprint density at radius 1 is 1.42 bits per heavy atom. The maximum atomic E-state index is 12.1. The molecule has 0 aliphatic heterocycles. The van der Waals surface area contributed by atoms with Gasteiger partial charge in [-0.2, -0.15) is 5.10 Å². The molecule has 0 saturated carbocycles. The van der Waals surface area contributed by atoms with Crippen molar-refractivity contribution in [3.63, 3.8) is 0 Å². The Hall–Kier alpha value is -2.50. The van der Waals surface area contributed by atoms with Gasteiger partial charge in [-0.05, 0) is 32.0 Å². The number of anilines is 2. The van der Waals surface area contributed by atoms with E-state index in [4.69, 9.17) is 10.5 Å². The number of hydrogen-bond acceptors (Lipinski definition) is 4. The minimum atomic E-state index is -0.215. The van der Waals surface area contributed by atoms with Crippen molar-refractivity contribution in [2.75, 3.05) is 18.2 Å². The van der Waals surface area contributed by atoms with Gasteiger partial charge in [0.25, 0.3) is 5.91 Å². The number of amides is 1. The average molecular weight is 260 g/mol. The first-order valence-corrected chi connectivity index (χ1v) is 5.79. The summed E-state index contributed by atoms with van der Waals surface area (Å²) in [4.78, 5) is 12.1. The molecule has 4 N–H and O–H groups in total. The third-order valence-electron chi connectivity index (χ3n) is 2.84. The second-order valence-electron chi connectivity index (χ2n) is 4.22. The number of aromatic nitrogens is 2. The average Bonchev–Trinajstić information content (AvgIpc) is 2.69. The van der Waals surface area contributed by atoms with E-state index >= 15 is 0 Å². The zero-order valence-electron chi connectivity index (χ0n) is 11.1. The van der Waals surface area contributed by atoms with E-state index in [1.165, 1.54) is 0 Å². The van der Waals surface area contributed by atoms with E-state index in [0.717, 1.165) is 5.69 Å². The van der Waals surface area contributed by atoms with E-state index in [0.29, 0.717) is 28.4 Å².